The number of imide groups is 1. The summed E-state index contributed by atoms with van der Waals surface area (Å²) in [5.41, 5.74) is 1.72. The summed E-state index contributed by atoms with van der Waals surface area (Å²) in [6.07, 6.45) is 0.0134. The lowest BCUT2D eigenvalue weighted by molar-refractivity contribution is -0.121. The lowest BCUT2D eigenvalue weighted by atomic mass is 10.1. The van der Waals surface area contributed by atoms with Gasteiger partial charge in [-0.3, -0.25) is 14.4 Å². The molecule has 4 rings (SSSR count). The Labute approximate surface area is 212 Å². The molecule has 1 unspecified atom stereocenters. The van der Waals surface area contributed by atoms with Gasteiger partial charge in [0.2, 0.25) is 5.91 Å². The van der Waals surface area contributed by atoms with Crippen LogP contribution < -0.4 is 15.0 Å². The molecule has 3 aromatic rings. The molecule has 36 heavy (non-hydrogen) atoms. The third kappa shape index (κ3) is 5.62. The van der Waals surface area contributed by atoms with Crippen molar-refractivity contribution in [3.8, 4) is 5.75 Å². The summed E-state index contributed by atoms with van der Waals surface area (Å²) in [6.45, 7) is -0.0912. The molecule has 0 aliphatic carbocycles. The van der Waals surface area contributed by atoms with E-state index in [1.807, 2.05) is 18.2 Å². The van der Waals surface area contributed by atoms with Gasteiger partial charge in [0.25, 0.3) is 5.91 Å². The molecule has 0 radical (unpaired) electrons. The number of nitrogens with zero attached hydrogens (tertiary/aromatic N) is 1. The predicted octanol–water partition coefficient (Wildman–Crippen LogP) is 3.81. The van der Waals surface area contributed by atoms with Gasteiger partial charge >= 0.3 is 5.97 Å². The summed E-state index contributed by atoms with van der Waals surface area (Å²) in [4.78, 5) is 51.2. The number of anilines is 1. The van der Waals surface area contributed by atoms with Crippen LogP contribution in [-0.2, 0) is 20.9 Å². The van der Waals surface area contributed by atoms with Crippen molar-refractivity contribution in [3.05, 3.63) is 94.5 Å². The summed E-state index contributed by atoms with van der Waals surface area (Å²) >= 11 is 6.16. The van der Waals surface area contributed by atoms with Gasteiger partial charge in [0.15, 0.2) is 12.4 Å². The Bertz CT molecular complexity index is 1310. The van der Waals surface area contributed by atoms with Crippen LogP contribution in [0.3, 0.4) is 0 Å². The van der Waals surface area contributed by atoms with Crippen LogP contribution in [0, 0.1) is 0 Å². The van der Waals surface area contributed by atoms with Crippen molar-refractivity contribution in [3.63, 3.8) is 0 Å². The maximum Gasteiger partial charge on any atom is 0.338 e. The minimum Gasteiger partial charge on any atom is -0.497 e. The van der Waals surface area contributed by atoms with Gasteiger partial charge in [-0.2, -0.15) is 0 Å². The molecule has 3 aromatic carbocycles. The first-order chi connectivity index (χ1) is 17.4. The molecule has 2 amide bonds. The number of hydrogen-bond donors (Lipinski definition) is 1. The van der Waals surface area contributed by atoms with E-state index in [1.165, 1.54) is 31.4 Å². The van der Waals surface area contributed by atoms with E-state index in [-0.39, 0.29) is 29.6 Å². The van der Waals surface area contributed by atoms with Crippen LogP contribution in [0.15, 0.2) is 72.8 Å². The van der Waals surface area contributed by atoms with Gasteiger partial charge in [-0.05, 0) is 48.0 Å². The number of ether oxygens (including phenoxy) is 2. The third-order valence-electron chi connectivity index (χ3n) is 5.73. The van der Waals surface area contributed by atoms with Crippen molar-refractivity contribution in [1.29, 1.82) is 0 Å². The monoisotopic (exact) mass is 506 g/mol. The molecule has 8 nitrogen and oxygen atoms in total. The fourth-order valence-corrected chi connectivity index (χ4v) is 3.98. The minimum absolute atomic E-state index is 0.0134. The number of methoxy groups -OCH3 is 1. The maximum atomic E-state index is 12.9. The van der Waals surface area contributed by atoms with E-state index in [9.17, 15) is 19.2 Å². The first-order valence-corrected chi connectivity index (χ1v) is 11.5. The van der Waals surface area contributed by atoms with E-state index < -0.39 is 18.6 Å². The number of nitrogens with one attached hydrogen (secondary N) is 1. The summed E-state index contributed by atoms with van der Waals surface area (Å²) in [7, 11) is 1.49. The molecule has 0 spiro atoms. The van der Waals surface area contributed by atoms with Gasteiger partial charge in [0, 0.05) is 17.1 Å². The summed E-state index contributed by atoms with van der Waals surface area (Å²) in [6, 6.07) is 19.0. The number of esters is 1. The van der Waals surface area contributed by atoms with Gasteiger partial charge in [-0.1, -0.05) is 41.9 Å². The average Bonchev–Trinajstić information content (AvgIpc) is 3.19. The van der Waals surface area contributed by atoms with Gasteiger partial charge in [0.05, 0.1) is 30.8 Å². The van der Waals surface area contributed by atoms with Crippen LogP contribution in [0.25, 0.3) is 0 Å². The highest BCUT2D eigenvalue weighted by molar-refractivity contribution is 6.31. The molecule has 1 heterocycles. The molecule has 1 saturated heterocycles. The van der Waals surface area contributed by atoms with E-state index >= 15 is 0 Å². The largest absolute Gasteiger partial charge is 0.497 e. The first-order valence-electron chi connectivity index (χ1n) is 11.2. The second kappa shape index (κ2) is 11.2. The molecular formula is C27H23ClN2O6. The van der Waals surface area contributed by atoms with Gasteiger partial charge in [0.1, 0.15) is 5.75 Å². The highest BCUT2D eigenvalue weighted by Crippen LogP contribution is 2.24. The standard InChI is InChI=1S/C27H23ClN2O6/c1-35-21-7-4-6-18(13-21)24(31)16-36-27(34)17-9-11-20(12-10-17)30-25(32)14-23(26(30)33)29-15-19-5-2-3-8-22(19)28/h2-13,23,29H,14-16H2,1H3. The molecule has 0 bridgehead atoms. The Hall–Kier alpha value is -4.01. The van der Waals surface area contributed by atoms with Gasteiger partial charge < -0.3 is 14.8 Å². The molecule has 1 fully saturated rings. The van der Waals surface area contributed by atoms with E-state index in [0.717, 1.165) is 10.5 Å². The Morgan fingerprint density at radius 3 is 2.47 bits per heavy atom. The molecule has 1 atom stereocenters. The van der Waals surface area contributed by atoms with Crippen molar-refractivity contribution in [1.82, 2.24) is 5.32 Å². The van der Waals surface area contributed by atoms with E-state index in [2.05, 4.69) is 5.32 Å². The van der Waals surface area contributed by atoms with Crippen LogP contribution >= 0.6 is 11.6 Å². The summed E-state index contributed by atoms with van der Waals surface area (Å²) < 4.78 is 10.2. The highest BCUT2D eigenvalue weighted by Gasteiger charge is 2.39. The van der Waals surface area contributed by atoms with Gasteiger partial charge in [-0.25, -0.2) is 9.69 Å². The fourth-order valence-electron chi connectivity index (χ4n) is 3.78. The van der Waals surface area contributed by atoms with Gasteiger partial charge in [-0.15, -0.1) is 0 Å². The zero-order valence-electron chi connectivity index (χ0n) is 19.4. The Morgan fingerprint density at radius 2 is 1.75 bits per heavy atom. The number of carbonyl (C=O) groups is 4. The number of Topliss-reactive ketones (excluding diaryl/α,β-unsaturated/α-hetero) is 1. The van der Waals surface area contributed by atoms with Crippen LogP contribution in [0.5, 0.6) is 5.75 Å². The predicted molar refractivity (Wildman–Crippen MR) is 133 cm³/mol. The second-order valence-electron chi connectivity index (χ2n) is 8.07. The van der Waals surface area contributed by atoms with E-state index in [1.54, 1.807) is 30.3 Å². The van der Waals surface area contributed by atoms with Crippen molar-refractivity contribution < 1.29 is 28.7 Å². The second-order valence-corrected chi connectivity index (χ2v) is 8.48. The molecule has 1 aliphatic rings. The normalized spacial score (nSPS) is 15.2. The molecule has 0 saturated carbocycles. The van der Waals surface area contributed by atoms with E-state index in [4.69, 9.17) is 21.1 Å². The molecule has 184 valence electrons. The highest BCUT2D eigenvalue weighted by atomic mass is 35.5. The number of benzene rings is 3. The van der Waals surface area contributed by atoms with Crippen molar-refractivity contribution in [2.75, 3.05) is 18.6 Å². The van der Waals surface area contributed by atoms with Crippen molar-refractivity contribution in [2.24, 2.45) is 0 Å². The lowest BCUT2D eigenvalue weighted by Gasteiger charge is -2.16. The van der Waals surface area contributed by atoms with E-state index in [0.29, 0.717) is 28.6 Å². The molecule has 0 aromatic heterocycles. The number of carbonyl (C=O) groups excluding carboxylic acids is 4. The first kappa shape index (κ1) is 25.1. The van der Waals surface area contributed by atoms with Crippen LogP contribution in [0.1, 0.15) is 32.7 Å². The smallest absolute Gasteiger partial charge is 0.338 e. The quantitative estimate of drug-likeness (QED) is 0.267. The molecular weight excluding hydrogens is 484 g/mol. The number of hydrogen-bond acceptors (Lipinski definition) is 7. The average molecular weight is 507 g/mol. The van der Waals surface area contributed by atoms with Crippen molar-refractivity contribution in [2.45, 2.75) is 19.0 Å². The molecule has 1 aliphatic heterocycles. The number of rotatable bonds is 9. The van der Waals surface area contributed by atoms with Crippen LogP contribution in [0.2, 0.25) is 5.02 Å². The summed E-state index contributed by atoms with van der Waals surface area (Å²) in [5.74, 6) is -1.28. The minimum atomic E-state index is -0.698. The number of halogens is 1. The fraction of sp³-hybridized carbons (Fsp3) is 0.185. The SMILES string of the molecule is COc1cccc(C(=O)COC(=O)c2ccc(N3C(=O)CC(NCc4ccccc4Cl)C3=O)cc2)c1. The lowest BCUT2D eigenvalue weighted by Crippen LogP contribution is -2.38. The number of amides is 2. The topological polar surface area (TPSA) is 102 Å². The Balaban J connectivity index is 1.35. The maximum absolute atomic E-state index is 12.9. The van der Waals surface area contributed by atoms with Crippen molar-refractivity contribution >= 4 is 40.9 Å². The third-order valence-corrected chi connectivity index (χ3v) is 6.10. The molecule has 1 N–H and O–H groups in total. The Kier molecular flexibility index (Phi) is 7.77. The zero-order valence-corrected chi connectivity index (χ0v) is 20.2. The Morgan fingerprint density at radius 1 is 1.00 bits per heavy atom. The molecule has 9 heteroatoms. The van der Waals surface area contributed by atoms with Crippen LogP contribution in [0.4, 0.5) is 5.69 Å². The number of ketones is 1. The van der Waals surface area contributed by atoms with Crippen LogP contribution in [-0.4, -0.2) is 43.3 Å². The zero-order chi connectivity index (χ0) is 25.7. The summed E-state index contributed by atoms with van der Waals surface area (Å²) in [5, 5.41) is 3.66.